The minimum absolute atomic E-state index is 0. The maximum Gasteiger partial charge on any atom is 1.00 e. The number of nitrogens with zero attached hydrogens (tertiary/aromatic N) is 3. The second kappa shape index (κ2) is 21.3. The summed E-state index contributed by atoms with van der Waals surface area (Å²) in [5, 5.41) is 10.5. The van der Waals surface area contributed by atoms with Gasteiger partial charge in [-0.25, -0.2) is 0 Å². The van der Waals surface area contributed by atoms with E-state index in [4.69, 9.17) is 15.3 Å². The van der Waals surface area contributed by atoms with E-state index in [-0.39, 0.29) is 37.7 Å². The van der Waals surface area contributed by atoms with Gasteiger partial charge in [-0.05, 0) is 63.4 Å². The summed E-state index contributed by atoms with van der Waals surface area (Å²) in [7, 11) is -5.49. The Bertz CT molecular complexity index is 1200. The van der Waals surface area contributed by atoms with Crippen LogP contribution in [-0.2, 0) is 0 Å². The molecule has 50 heavy (non-hydrogen) atoms. The average molecular weight is 737 g/mol. The molecule has 2 fully saturated rings. The Labute approximate surface area is 335 Å². The van der Waals surface area contributed by atoms with E-state index in [2.05, 4.69) is 154 Å². The molecule has 12 heteroatoms. The van der Waals surface area contributed by atoms with E-state index < -0.39 is 32.9 Å². The van der Waals surface area contributed by atoms with E-state index in [0.717, 1.165) is 17.2 Å². The summed E-state index contributed by atoms with van der Waals surface area (Å²) in [5.74, 6) is 2.10. The standard InChI is InChI=1S/2C19H34N3Si2.2Li/c2*1-23(2,3)21-18-15-11-10-14-17(18)20-19(22-24(4,5)6)16-12-8-7-9-13-16;;/h2*7-9,12-13,17-18,21H,10-11,14-15H2,1-6H3;;/q2*-1;2*+1/p+2/t2*17-,18-;;/m11../s1. The van der Waals surface area contributed by atoms with Crippen LogP contribution in [0.5, 0.6) is 0 Å². The molecule has 0 saturated heterocycles. The molecule has 268 valence electrons. The summed E-state index contributed by atoms with van der Waals surface area (Å²) < 4.78 is 8.87. The van der Waals surface area contributed by atoms with Gasteiger partial charge in [0.2, 0.25) is 0 Å². The van der Waals surface area contributed by atoms with Crippen molar-refractivity contribution in [1.29, 1.82) is 0 Å². The Kier molecular flexibility index (Phi) is 20.2. The van der Waals surface area contributed by atoms with E-state index in [9.17, 15) is 0 Å². The van der Waals surface area contributed by atoms with Gasteiger partial charge in [0, 0.05) is 19.8 Å². The third-order valence-corrected chi connectivity index (χ3v) is 13.0. The van der Waals surface area contributed by atoms with Crippen LogP contribution in [-0.4, -0.2) is 68.8 Å². The first-order valence-corrected chi connectivity index (χ1v) is 32.7. The number of amidine groups is 2. The van der Waals surface area contributed by atoms with Crippen LogP contribution < -0.4 is 52.3 Å². The second-order valence-electron chi connectivity index (χ2n) is 18.2. The number of rotatable bonds is 10. The summed E-state index contributed by atoms with van der Waals surface area (Å²) in [4.78, 5) is 6.61. The number of hydrogen-bond acceptors (Lipinski definition) is 2. The number of nitrogens with two attached hydrogens (primary N) is 1. The molecule has 0 heterocycles. The smallest absolute Gasteiger partial charge is 0.472 e. The van der Waals surface area contributed by atoms with Gasteiger partial charge in [-0.1, -0.05) is 145 Å². The van der Waals surface area contributed by atoms with E-state index in [1.807, 2.05) is 0 Å². The Morgan fingerprint density at radius 1 is 0.660 bits per heavy atom. The first-order chi connectivity index (χ1) is 22.3. The summed E-state index contributed by atoms with van der Waals surface area (Å²) >= 11 is 0. The van der Waals surface area contributed by atoms with Crippen LogP contribution in [0.3, 0.4) is 0 Å². The van der Waals surface area contributed by atoms with Gasteiger partial charge in [0.05, 0.1) is 6.04 Å². The van der Waals surface area contributed by atoms with E-state index >= 15 is 0 Å². The summed E-state index contributed by atoms with van der Waals surface area (Å²) in [6, 6.07) is 23.2. The van der Waals surface area contributed by atoms with Crippen molar-refractivity contribution >= 4 is 44.6 Å². The van der Waals surface area contributed by atoms with E-state index in [1.54, 1.807) is 0 Å². The normalized spacial score (nSPS) is 22.2. The molecule has 6 nitrogen and oxygen atoms in total. The van der Waals surface area contributed by atoms with Crippen LogP contribution in [0.2, 0.25) is 78.6 Å². The second-order valence-corrected chi connectivity index (χ2v) is 37.4. The zero-order valence-corrected chi connectivity index (χ0v) is 38.7. The molecule has 0 aromatic heterocycles. The van der Waals surface area contributed by atoms with Crippen LogP contribution in [0.4, 0.5) is 0 Å². The first kappa shape index (κ1) is 47.4. The van der Waals surface area contributed by atoms with Crippen molar-refractivity contribution in [2.75, 3.05) is 0 Å². The zero-order chi connectivity index (χ0) is 35.6. The molecule has 4 atom stereocenters. The zero-order valence-electron chi connectivity index (χ0n) is 34.7. The van der Waals surface area contributed by atoms with Crippen molar-refractivity contribution in [2.24, 2.45) is 4.66 Å². The molecular formula is C38H70Li2N6Si4+2. The third kappa shape index (κ3) is 18.9. The molecule has 2 aliphatic rings. The van der Waals surface area contributed by atoms with Crippen molar-refractivity contribution in [2.45, 2.75) is 154 Å². The molecule has 4 rings (SSSR count). The molecule has 2 aliphatic carbocycles. The van der Waals surface area contributed by atoms with Gasteiger partial charge in [0.15, 0.2) is 0 Å². The van der Waals surface area contributed by atoms with E-state index in [1.165, 1.54) is 56.9 Å². The van der Waals surface area contributed by atoms with Gasteiger partial charge in [0.1, 0.15) is 28.3 Å². The number of nitrogens with one attached hydrogen (secondary N) is 2. The molecule has 2 aromatic rings. The van der Waals surface area contributed by atoms with Crippen molar-refractivity contribution in [3.05, 3.63) is 82.4 Å². The molecular weight excluding hydrogens is 667 g/mol. The van der Waals surface area contributed by atoms with Gasteiger partial charge in [0.25, 0.3) is 8.24 Å². The molecule has 0 bridgehead atoms. The largest absolute Gasteiger partial charge is 1.00 e. The molecule has 0 amide bonds. The van der Waals surface area contributed by atoms with Gasteiger partial charge >= 0.3 is 37.7 Å². The minimum atomic E-state index is -1.57. The van der Waals surface area contributed by atoms with E-state index in [0.29, 0.717) is 24.2 Å². The fourth-order valence-electron chi connectivity index (χ4n) is 6.65. The van der Waals surface area contributed by atoms with Crippen molar-refractivity contribution in [1.82, 2.24) is 4.98 Å². The Hall–Kier alpha value is -0.638. The SMILES string of the molecule is C[Si](C)(C)/N=C(/[N-][C@@H]1CCCC[C@H]1N[Si](C)(C)C)c1ccccc1.C[Si](C)(C)/[NH+]=C(/[N-][C@@H]1CCCC[C@H]1[NH2+][Si](C)(C)C)c1ccccc1.[Li+].[Li+]. The van der Waals surface area contributed by atoms with Gasteiger partial charge < -0.3 is 24.6 Å². The van der Waals surface area contributed by atoms with Crippen molar-refractivity contribution in [3.8, 4) is 0 Å². The van der Waals surface area contributed by atoms with Crippen molar-refractivity contribution in [3.63, 3.8) is 0 Å². The van der Waals surface area contributed by atoms with Crippen LogP contribution in [0.15, 0.2) is 65.3 Å². The summed E-state index contributed by atoms with van der Waals surface area (Å²) in [6.45, 7) is 28.4. The minimum Gasteiger partial charge on any atom is -0.472 e. The number of hydrogen-bond donors (Lipinski definition) is 3. The third-order valence-electron chi connectivity index (χ3n) is 8.44. The Balaban J connectivity index is 0.000000481. The predicted octanol–water partition coefficient (Wildman–Crippen LogP) is 1.82. The summed E-state index contributed by atoms with van der Waals surface area (Å²) in [6.07, 6.45) is 10.3. The molecule has 0 radical (unpaired) electrons. The molecule has 0 aliphatic heterocycles. The quantitative estimate of drug-likeness (QED) is 0.194. The Morgan fingerprint density at radius 2 is 1.16 bits per heavy atom. The summed E-state index contributed by atoms with van der Waals surface area (Å²) in [5.41, 5.74) is 2.40. The molecule has 4 N–H and O–H groups in total. The fraction of sp³-hybridized carbons (Fsp3) is 0.632. The first-order valence-electron chi connectivity index (χ1n) is 18.7. The average Bonchev–Trinajstić information content (AvgIpc) is 2.97. The van der Waals surface area contributed by atoms with Gasteiger partial charge in [-0.2, -0.15) is 0 Å². The maximum absolute atomic E-state index is 5.29. The topological polar surface area (TPSA) is 83.2 Å². The monoisotopic (exact) mass is 737 g/mol. The number of benzene rings is 2. The van der Waals surface area contributed by atoms with Crippen LogP contribution in [0.1, 0.15) is 62.5 Å². The Morgan fingerprint density at radius 3 is 1.66 bits per heavy atom. The molecule has 2 saturated carbocycles. The fourth-order valence-corrected chi connectivity index (χ4v) is 11.5. The van der Waals surface area contributed by atoms with Gasteiger partial charge in [-0.15, -0.1) is 0 Å². The van der Waals surface area contributed by atoms with Crippen molar-refractivity contribution < 1.29 is 47.4 Å². The molecule has 2 aromatic carbocycles. The molecule has 0 spiro atoms. The van der Waals surface area contributed by atoms with Gasteiger partial charge in [-0.3, -0.25) is 5.32 Å². The molecule has 0 unspecified atom stereocenters. The maximum atomic E-state index is 5.29. The van der Waals surface area contributed by atoms with Crippen LogP contribution in [0, 0.1) is 0 Å². The van der Waals surface area contributed by atoms with Crippen LogP contribution >= 0.6 is 0 Å². The number of quaternary nitrogens is 1. The van der Waals surface area contributed by atoms with Crippen LogP contribution in [0.25, 0.3) is 10.6 Å². The predicted molar refractivity (Wildman–Crippen MR) is 222 cm³/mol.